The normalized spacial score (nSPS) is 13.1. The third kappa shape index (κ3) is 2.08. The van der Waals surface area contributed by atoms with Gasteiger partial charge >= 0.3 is 0 Å². The third-order valence-corrected chi connectivity index (χ3v) is 7.73. The molecular formula is C4H15NOSi2. The Labute approximate surface area is 55.6 Å². The highest BCUT2D eigenvalue weighted by atomic mass is 28.4. The molecule has 2 nitrogen and oxygen atoms in total. The van der Waals surface area contributed by atoms with Crippen LogP contribution in [0.25, 0.3) is 0 Å². The standard InChI is InChI=1S/C4H15NOSi2/c1-5(2)8(3,4)6-7/h1-4,7H3. The molecule has 0 saturated carbocycles. The molecule has 0 spiro atoms. The van der Waals surface area contributed by atoms with Crippen molar-refractivity contribution in [2.24, 2.45) is 0 Å². The number of rotatable bonds is 2. The van der Waals surface area contributed by atoms with Crippen molar-refractivity contribution < 1.29 is 4.12 Å². The van der Waals surface area contributed by atoms with Crippen LogP contribution in [0.15, 0.2) is 0 Å². The fraction of sp³-hybridized carbons (Fsp3) is 1.00. The molecule has 0 rings (SSSR count). The first kappa shape index (κ1) is 8.35. The summed E-state index contributed by atoms with van der Waals surface area (Å²) in [5, 5.41) is 0. The lowest BCUT2D eigenvalue weighted by atomic mass is 11.3. The largest absolute Gasteiger partial charge is 0.453 e. The van der Waals surface area contributed by atoms with Gasteiger partial charge in [0, 0.05) is 0 Å². The van der Waals surface area contributed by atoms with Crippen molar-refractivity contribution in [1.82, 2.24) is 4.57 Å². The molecular weight excluding hydrogens is 134 g/mol. The van der Waals surface area contributed by atoms with Gasteiger partial charge in [-0.1, -0.05) is 0 Å². The van der Waals surface area contributed by atoms with Gasteiger partial charge in [-0.2, -0.15) is 0 Å². The molecule has 0 saturated heterocycles. The molecule has 0 amide bonds. The van der Waals surface area contributed by atoms with Crippen LogP contribution >= 0.6 is 0 Å². The summed E-state index contributed by atoms with van der Waals surface area (Å²) >= 11 is 0. The minimum atomic E-state index is -1.36. The van der Waals surface area contributed by atoms with Gasteiger partial charge in [0.2, 0.25) is 0 Å². The summed E-state index contributed by atoms with van der Waals surface area (Å²) in [6.45, 7) is 4.39. The summed E-state index contributed by atoms with van der Waals surface area (Å²) < 4.78 is 7.60. The van der Waals surface area contributed by atoms with Crippen molar-refractivity contribution in [2.45, 2.75) is 13.1 Å². The summed E-state index contributed by atoms with van der Waals surface area (Å²) in [7, 11) is 3.65. The molecule has 0 aliphatic heterocycles. The average molecular weight is 149 g/mol. The first-order valence-electron chi connectivity index (χ1n) is 2.73. The van der Waals surface area contributed by atoms with Crippen molar-refractivity contribution in [3.63, 3.8) is 0 Å². The van der Waals surface area contributed by atoms with Gasteiger partial charge in [-0.25, -0.2) is 0 Å². The zero-order chi connectivity index (χ0) is 6.78. The van der Waals surface area contributed by atoms with E-state index in [1.54, 1.807) is 0 Å². The molecule has 0 N–H and O–H groups in total. The third-order valence-electron chi connectivity index (χ3n) is 1.58. The number of nitrogens with zero attached hydrogens (tertiary/aromatic N) is 1. The molecule has 0 unspecified atom stereocenters. The van der Waals surface area contributed by atoms with E-state index in [1.807, 2.05) is 0 Å². The molecule has 0 aromatic heterocycles. The van der Waals surface area contributed by atoms with Gasteiger partial charge in [0.1, 0.15) is 10.5 Å². The highest BCUT2D eigenvalue weighted by molar-refractivity contribution is 6.70. The average Bonchev–Trinajstić information content (AvgIpc) is 1.67. The Morgan fingerprint density at radius 1 is 1.38 bits per heavy atom. The van der Waals surface area contributed by atoms with E-state index in [9.17, 15) is 0 Å². The van der Waals surface area contributed by atoms with Crippen LogP contribution in [0.3, 0.4) is 0 Å². The minimum absolute atomic E-state index is 0.865. The smallest absolute Gasteiger partial charge is 0.253 e. The van der Waals surface area contributed by atoms with Crippen LogP contribution in [0.1, 0.15) is 0 Å². The minimum Gasteiger partial charge on any atom is -0.453 e. The van der Waals surface area contributed by atoms with Gasteiger partial charge in [0.15, 0.2) is 0 Å². The molecule has 0 aromatic carbocycles. The van der Waals surface area contributed by atoms with E-state index in [4.69, 9.17) is 4.12 Å². The monoisotopic (exact) mass is 149 g/mol. The zero-order valence-electron chi connectivity index (χ0n) is 6.36. The van der Waals surface area contributed by atoms with Gasteiger partial charge in [-0.05, 0) is 27.2 Å². The molecule has 4 heteroatoms. The van der Waals surface area contributed by atoms with Gasteiger partial charge < -0.3 is 8.68 Å². The van der Waals surface area contributed by atoms with Crippen molar-refractivity contribution in [1.29, 1.82) is 0 Å². The van der Waals surface area contributed by atoms with Crippen LogP contribution in [0.5, 0.6) is 0 Å². The zero-order valence-corrected chi connectivity index (χ0v) is 9.36. The Morgan fingerprint density at radius 2 is 1.75 bits per heavy atom. The lowest BCUT2D eigenvalue weighted by molar-refractivity contribution is 0.471. The summed E-state index contributed by atoms with van der Waals surface area (Å²) in [6.07, 6.45) is 0. The highest BCUT2D eigenvalue weighted by Crippen LogP contribution is 2.02. The molecule has 0 bridgehead atoms. The van der Waals surface area contributed by atoms with E-state index < -0.39 is 8.48 Å². The summed E-state index contributed by atoms with van der Waals surface area (Å²) in [5.41, 5.74) is 0. The lowest BCUT2D eigenvalue weighted by Crippen LogP contribution is -2.45. The topological polar surface area (TPSA) is 12.5 Å². The van der Waals surface area contributed by atoms with Crippen LogP contribution in [-0.4, -0.2) is 37.6 Å². The Hall–Kier alpha value is 0.354. The van der Waals surface area contributed by atoms with E-state index in [2.05, 4.69) is 31.8 Å². The second-order valence-electron chi connectivity index (χ2n) is 2.55. The fourth-order valence-electron chi connectivity index (χ4n) is 0.183. The molecule has 0 aliphatic rings. The Kier molecular flexibility index (Phi) is 2.89. The predicted octanol–water partition coefficient (Wildman–Crippen LogP) is -0.453. The molecule has 0 heterocycles. The van der Waals surface area contributed by atoms with Crippen LogP contribution < -0.4 is 0 Å². The lowest BCUT2D eigenvalue weighted by Gasteiger charge is -2.27. The van der Waals surface area contributed by atoms with Crippen LogP contribution in [0, 0.1) is 0 Å². The summed E-state index contributed by atoms with van der Waals surface area (Å²) in [6, 6.07) is 0. The molecule has 0 atom stereocenters. The van der Waals surface area contributed by atoms with Crippen molar-refractivity contribution in [2.75, 3.05) is 14.1 Å². The highest BCUT2D eigenvalue weighted by Gasteiger charge is 2.22. The predicted molar refractivity (Wildman–Crippen MR) is 42.2 cm³/mol. The van der Waals surface area contributed by atoms with Crippen molar-refractivity contribution in [3.05, 3.63) is 0 Å². The van der Waals surface area contributed by atoms with E-state index >= 15 is 0 Å². The van der Waals surface area contributed by atoms with Crippen LogP contribution in [0.4, 0.5) is 0 Å². The van der Waals surface area contributed by atoms with Crippen molar-refractivity contribution >= 4 is 19.0 Å². The van der Waals surface area contributed by atoms with Gasteiger partial charge in [0.05, 0.1) is 0 Å². The summed E-state index contributed by atoms with van der Waals surface area (Å²) in [5.74, 6) is 0. The van der Waals surface area contributed by atoms with E-state index in [0.29, 0.717) is 0 Å². The maximum absolute atomic E-state index is 5.40. The molecule has 0 radical (unpaired) electrons. The number of hydrogen-bond donors (Lipinski definition) is 0. The molecule has 0 fully saturated rings. The fourth-order valence-corrected chi connectivity index (χ4v) is 1.64. The Bertz CT molecular complexity index is 74.4. The van der Waals surface area contributed by atoms with E-state index in [-0.39, 0.29) is 0 Å². The quantitative estimate of drug-likeness (QED) is 0.493. The van der Waals surface area contributed by atoms with Gasteiger partial charge in [-0.15, -0.1) is 0 Å². The molecule has 8 heavy (non-hydrogen) atoms. The van der Waals surface area contributed by atoms with Gasteiger partial charge in [0.25, 0.3) is 8.48 Å². The van der Waals surface area contributed by atoms with E-state index in [0.717, 1.165) is 10.5 Å². The first-order chi connectivity index (χ1) is 3.50. The molecule has 50 valence electrons. The van der Waals surface area contributed by atoms with Crippen LogP contribution in [0.2, 0.25) is 13.1 Å². The second-order valence-corrected chi connectivity index (χ2v) is 7.97. The van der Waals surface area contributed by atoms with Gasteiger partial charge in [-0.3, -0.25) is 0 Å². The molecule has 0 aliphatic carbocycles. The van der Waals surface area contributed by atoms with Crippen molar-refractivity contribution in [3.8, 4) is 0 Å². The SMILES string of the molecule is CN(C)[Si](C)(C)O[SiH3]. The maximum atomic E-state index is 5.40. The Morgan fingerprint density at radius 3 is 1.75 bits per heavy atom. The Balaban J connectivity index is 3.71. The number of hydrogen-bond acceptors (Lipinski definition) is 2. The summed E-state index contributed by atoms with van der Waals surface area (Å²) in [4.78, 5) is 0. The van der Waals surface area contributed by atoms with Crippen LogP contribution in [-0.2, 0) is 4.12 Å². The molecule has 0 aromatic rings. The first-order valence-corrected chi connectivity index (χ1v) is 6.40. The van der Waals surface area contributed by atoms with E-state index in [1.165, 1.54) is 0 Å². The maximum Gasteiger partial charge on any atom is 0.253 e. The second kappa shape index (κ2) is 2.77.